The predicted octanol–water partition coefficient (Wildman–Crippen LogP) is -0.657. The minimum atomic E-state index is -3.37. The third-order valence-corrected chi connectivity index (χ3v) is 4.88. The second kappa shape index (κ2) is 3.73. The molecule has 0 spiro atoms. The van der Waals surface area contributed by atoms with E-state index < -0.39 is 22.1 Å². The van der Waals surface area contributed by atoms with Crippen molar-refractivity contribution in [1.29, 1.82) is 0 Å². The van der Waals surface area contributed by atoms with Crippen molar-refractivity contribution < 1.29 is 18.3 Å². The van der Waals surface area contributed by atoms with Gasteiger partial charge >= 0.3 is 5.97 Å². The van der Waals surface area contributed by atoms with Crippen molar-refractivity contribution in [1.82, 2.24) is 8.61 Å². The molecular formula is C8H14N2O4S. The number of hydrogen-bond donors (Lipinski definition) is 1. The quantitative estimate of drug-likeness (QED) is 0.703. The monoisotopic (exact) mass is 234 g/mol. The first-order chi connectivity index (χ1) is 7.01. The van der Waals surface area contributed by atoms with Gasteiger partial charge in [-0.2, -0.15) is 17.0 Å². The first kappa shape index (κ1) is 10.8. The molecule has 0 atom stereocenters. The molecule has 2 heterocycles. The Balaban J connectivity index is 1.97. The predicted molar refractivity (Wildman–Crippen MR) is 52.4 cm³/mol. The summed E-state index contributed by atoms with van der Waals surface area (Å²) in [5.74, 6) is -1.44. The maximum Gasteiger partial charge on any atom is 0.309 e. The van der Waals surface area contributed by atoms with E-state index in [1.54, 1.807) is 0 Å². The van der Waals surface area contributed by atoms with Crippen molar-refractivity contribution in [2.45, 2.75) is 12.8 Å². The highest BCUT2D eigenvalue weighted by atomic mass is 32.2. The number of aliphatic carboxylic acids is 1. The highest BCUT2D eigenvalue weighted by Gasteiger charge is 2.42. The zero-order chi connectivity index (χ0) is 11.1. The number of carboxylic acid groups (broad SMARTS) is 1. The summed E-state index contributed by atoms with van der Waals surface area (Å²) in [6.45, 7) is 1.37. The molecule has 0 aromatic carbocycles. The van der Waals surface area contributed by atoms with Gasteiger partial charge in [0, 0.05) is 26.2 Å². The van der Waals surface area contributed by atoms with E-state index in [2.05, 4.69) is 0 Å². The van der Waals surface area contributed by atoms with Crippen LogP contribution in [0.3, 0.4) is 0 Å². The molecule has 2 aliphatic rings. The van der Waals surface area contributed by atoms with E-state index in [-0.39, 0.29) is 13.1 Å². The number of rotatable bonds is 3. The second-order valence-corrected chi connectivity index (χ2v) is 5.89. The third kappa shape index (κ3) is 1.86. The maximum absolute atomic E-state index is 11.8. The molecule has 2 fully saturated rings. The molecule has 0 aromatic heterocycles. The molecule has 6 nitrogen and oxygen atoms in total. The lowest BCUT2D eigenvalue weighted by Crippen LogP contribution is -2.56. The molecule has 2 aliphatic heterocycles. The molecule has 0 amide bonds. The summed E-state index contributed by atoms with van der Waals surface area (Å²) < 4.78 is 26.4. The van der Waals surface area contributed by atoms with E-state index in [1.807, 2.05) is 0 Å². The Labute approximate surface area is 88.7 Å². The van der Waals surface area contributed by atoms with E-state index in [9.17, 15) is 13.2 Å². The van der Waals surface area contributed by atoms with E-state index in [0.717, 1.165) is 12.8 Å². The Bertz CT molecular complexity index is 355. The number of hydrogen-bond acceptors (Lipinski definition) is 3. The highest BCUT2D eigenvalue weighted by molar-refractivity contribution is 7.86. The first-order valence-corrected chi connectivity index (χ1v) is 6.39. The average molecular weight is 234 g/mol. The molecule has 2 rings (SSSR count). The fraction of sp³-hybridized carbons (Fsp3) is 0.875. The van der Waals surface area contributed by atoms with E-state index in [4.69, 9.17) is 5.11 Å². The van der Waals surface area contributed by atoms with E-state index in [0.29, 0.717) is 13.1 Å². The molecule has 0 saturated carbocycles. The summed E-state index contributed by atoms with van der Waals surface area (Å²) in [5, 5.41) is 8.65. The maximum atomic E-state index is 11.8. The van der Waals surface area contributed by atoms with Crippen molar-refractivity contribution in [3.8, 4) is 0 Å². The van der Waals surface area contributed by atoms with E-state index >= 15 is 0 Å². The molecule has 0 unspecified atom stereocenters. The fourth-order valence-corrected chi connectivity index (χ4v) is 3.65. The largest absolute Gasteiger partial charge is 0.481 e. The number of carbonyl (C=O) groups is 1. The van der Waals surface area contributed by atoms with Gasteiger partial charge in [0.15, 0.2) is 0 Å². The Morgan fingerprint density at radius 1 is 1.13 bits per heavy atom. The molecule has 86 valence electrons. The van der Waals surface area contributed by atoms with Gasteiger partial charge in [-0.25, -0.2) is 0 Å². The van der Waals surface area contributed by atoms with E-state index in [1.165, 1.54) is 8.61 Å². The molecule has 0 aliphatic carbocycles. The minimum Gasteiger partial charge on any atom is -0.481 e. The van der Waals surface area contributed by atoms with Gasteiger partial charge in [0.05, 0.1) is 5.92 Å². The molecule has 2 saturated heterocycles. The molecule has 0 aromatic rings. The van der Waals surface area contributed by atoms with Gasteiger partial charge < -0.3 is 5.11 Å². The lowest BCUT2D eigenvalue weighted by Gasteiger charge is -2.37. The SMILES string of the molecule is O=C(O)C1CN(S(=O)(=O)N2CCCC2)C1. The Kier molecular flexibility index (Phi) is 2.70. The van der Waals surface area contributed by atoms with Crippen LogP contribution < -0.4 is 0 Å². The van der Waals surface area contributed by atoms with Crippen LogP contribution in [0.1, 0.15) is 12.8 Å². The highest BCUT2D eigenvalue weighted by Crippen LogP contribution is 2.24. The zero-order valence-electron chi connectivity index (χ0n) is 8.29. The third-order valence-electron chi connectivity index (χ3n) is 2.91. The van der Waals surface area contributed by atoms with Crippen LogP contribution in [0.4, 0.5) is 0 Å². The van der Waals surface area contributed by atoms with Gasteiger partial charge in [-0.3, -0.25) is 4.79 Å². The topological polar surface area (TPSA) is 77.9 Å². The molecular weight excluding hydrogens is 220 g/mol. The van der Waals surface area contributed by atoms with Gasteiger partial charge in [-0.05, 0) is 12.8 Å². The van der Waals surface area contributed by atoms with Crippen LogP contribution in [-0.4, -0.2) is 54.3 Å². The van der Waals surface area contributed by atoms with Gasteiger partial charge in [-0.15, -0.1) is 0 Å². The average Bonchev–Trinajstić information content (AvgIpc) is 2.50. The van der Waals surface area contributed by atoms with Crippen molar-refractivity contribution in [3.05, 3.63) is 0 Å². The van der Waals surface area contributed by atoms with Gasteiger partial charge in [0.25, 0.3) is 10.2 Å². The first-order valence-electron chi connectivity index (χ1n) is 5.00. The van der Waals surface area contributed by atoms with Crippen molar-refractivity contribution >= 4 is 16.2 Å². The smallest absolute Gasteiger partial charge is 0.309 e. The number of nitrogens with zero attached hydrogens (tertiary/aromatic N) is 2. The van der Waals surface area contributed by atoms with Crippen LogP contribution in [0.2, 0.25) is 0 Å². The molecule has 0 bridgehead atoms. The van der Waals surface area contributed by atoms with Crippen LogP contribution >= 0.6 is 0 Å². The molecule has 0 radical (unpaired) electrons. The van der Waals surface area contributed by atoms with Crippen molar-refractivity contribution in [2.24, 2.45) is 5.92 Å². The minimum absolute atomic E-state index is 0.119. The van der Waals surface area contributed by atoms with Gasteiger partial charge in [-0.1, -0.05) is 0 Å². The summed E-state index contributed by atoms with van der Waals surface area (Å²) in [5.41, 5.74) is 0. The van der Waals surface area contributed by atoms with Gasteiger partial charge in [0.1, 0.15) is 0 Å². The Hall–Kier alpha value is -0.660. The molecule has 1 N–H and O–H groups in total. The van der Waals surface area contributed by atoms with Crippen LogP contribution in [0, 0.1) is 5.92 Å². The summed E-state index contributed by atoms with van der Waals surface area (Å²) >= 11 is 0. The van der Waals surface area contributed by atoms with Crippen LogP contribution in [-0.2, 0) is 15.0 Å². The summed E-state index contributed by atoms with van der Waals surface area (Å²) in [4.78, 5) is 10.5. The summed E-state index contributed by atoms with van der Waals surface area (Å²) in [6.07, 6.45) is 1.80. The number of carboxylic acids is 1. The van der Waals surface area contributed by atoms with Crippen LogP contribution in [0.5, 0.6) is 0 Å². The normalized spacial score (nSPS) is 25.3. The molecule has 7 heteroatoms. The van der Waals surface area contributed by atoms with Crippen molar-refractivity contribution in [3.63, 3.8) is 0 Å². The Morgan fingerprint density at radius 3 is 2.13 bits per heavy atom. The zero-order valence-corrected chi connectivity index (χ0v) is 9.11. The summed E-state index contributed by atoms with van der Waals surface area (Å²) in [6, 6.07) is 0. The standard InChI is InChI=1S/C8H14N2O4S/c11-8(12)7-5-10(6-7)15(13,14)9-3-1-2-4-9/h7H,1-6H2,(H,11,12). The second-order valence-electron chi connectivity index (χ2n) is 3.97. The molecule has 15 heavy (non-hydrogen) atoms. The van der Waals surface area contributed by atoms with Crippen molar-refractivity contribution in [2.75, 3.05) is 26.2 Å². The van der Waals surface area contributed by atoms with Crippen LogP contribution in [0.15, 0.2) is 0 Å². The van der Waals surface area contributed by atoms with Crippen LogP contribution in [0.25, 0.3) is 0 Å². The van der Waals surface area contributed by atoms with Gasteiger partial charge in [0.2, 0.25) is 0 Å². The summed E-state index contributed by atoms with van der Waals surface area (Å²) in [7, 11) is -3.37. The lowest BCUT2D eigenvalue weighted by molar-refractivity contribution is -0.145. The Morgan fingerprint density at radius 2 is 1.67 bits per heavy atom. The fourth-order valence-electron chi connectivity index (χ4n) is 1.86. The lowest BCUT2D eigenvalue weighted by atomic mass is 10.0.